The normalized spacial score (nSPS) is 31.8. The lowest BCUT2D eigenvalue weighted by molar-refractivity contribution is -0.115. The third-order valence-electron chi connectivity index (χ3n) is 3.01. The SMILES string of the molecule is O=C1C=C(Br)C2=NC=C3C=CC=CC32C1. The molecule has 0 aromatic heterocycles. The first-order valence-electron chi connectivity index (χ1n) is 4.78. The lowest BCUT2D eigenvalue weighted by atomic mass is 9.69. The molecule has 3 rings (SSSR count). The minimum Gasteiger partial charge on any atom is -0.295 e. The number of allylic oxidation sites excluding steroid dienone is 7. The summed E-state index contributed by atoms with van der Waals surface area (Å²) >= 11 is 3.41. The zero-order valence-corrected chi connectivity index (χ0v) is 9.49. The van der Waals surface area contributed by atoms with Gasteiger partial charge < -0.3 is 0 Å². The van der Waals surface area contributed by atoms with Crippen LogP contribution in [0.1, 0.15) is 6.42 Å². The maximum absolute atomic E-state index is 11.6. The van der Waals surface area contributed by atoms with E-state index in [0.29, 0.717) is 6.42 Å². The van der Waals surface area contributed by atoms with Gasteiger partial charge in [0.1, 0.15) is 0 Å². The van der Waals surface area contributed by atoms with Crippen LogP contribution in [-0.2, 0) is 4.79 Å². The van der Waals surface area contributed by atoms with Gasteiger partial charge in [0.2, 0.25) is 0 Å². The van der Waals surface area contributed by atoms with E-state index < -0.39 is 0 Å². The summed E-state index contributed by atoms with van der Waals surface area (Å²) in [6, 6.07) is 0. The van der Waals surface area contributed by atoms with Crippen LogP contribution in [0.15, 0.2) is 51.6 Å². The van der Waals surface area contributed by atoms with Crippen LogP contribution < -0.4 is 0 Å². The number of rotatable bonds is 0. The fourth-order valence-electron chi connectivity index (χ4n) is 2.30. The summed E-state index contributed by atoms with van der Waals surface area (Å²) in [7, 11) is 0. The number of halogens is 1. The van der Waals surface area contributed by atoms with Crippen LogP contribution >= 0.6 is 15.9 Å². The molecule has 0 saturated carbocycles. The van der Waals surface area contributed by atoms with E-state index in [1.165, 1.54) is 0 Å². The molecular formula is C12H8BrNO. The molecule has 3 heteroatoms. The highest BCUT2D eigenvalue weighted by Gasteiger charge is 2.45. The molecule has 0 bridgehead atoms. The van der Waals surface area contributed by atoms with Crippen molar-refractivity contribution in [3.05, 3.63) is 46.6 Å². The summed E-state index contributed by atoms with van der Waals surface area (Å²) in [5.41, 5.74) is 1.77. The minimum absolute atomic E-state index is 0.147. The molecule has 15 heavy (non-hydrogen) atoms. The second-order valence-electron chi connectivity index (χ2n) is 3.89. The van der Waals surface area contributed by atoms with Crippen molar-refractivity contribution < 1.29 is 4.79 Å². The predicted octanol–water partition coefficient (Wildman–Crippen LogP) is 2.69. The Morgan fingerprint density at radius 1 is 1.40 bits per heavy atom. The van der Waals surface area contributed by atoms with Gasteiger partial charge in [-0.05, 0) is 27.6 Å². The van der Waals surface area contributed by atoms with Gasteiger partial charge in [0.15, 0.2) is 5.78 Å². The van der Waals surface area contributed by atoms with Crippen molar-refractivity contribution in [1.29, 1.82) is 0 Å². The Labute approximate surface area is 95.9 Å². The molecule has 0 aromatic carbocycles. The van der Waals surface area contributed by atoms with Crippen molar-refractivity contribution in [2.45, 2.75) is 6.42 Å². The molecule has 0 radical (unpaired) electrons. The monoisotopic (exact) mass is 261 g/mol. The molecule has 0 saturated heterocycles. The maximum atomic E-state index is 11.6. The average molecular weight is 262 g/mol. The second-order valence-corrected chi connectivity index (χ2v) is 4.74. The molecular weight excluding hydrogens is 254 g/mol. The number of ketones is 1. The molecule has 0 amide bonds. The first-order valence-corrected chi connectivity index (χ1v) is 5.57. The van der Waals surface area contributed by atoms with Crippen molar-refractivity contribution in [3.63, 3.8) is 0 Å². The highest BCUT2D eigenvalue weighted by molar-refractivity contribution is 9.12. The summed E-state index contributed by atoms with van der Waals surface area (Å²) in [4.78, 5) is 16.0. The van der Waals surface area contributed by atoms with E-state index in [0.717, 1.165) is 15.8 Å². The first-order chi connectivity index (χ1) is 7.22. The standard InChI is InChI=1S/C12H8BrNO/c13-10-5-9(15)6-12-4-2-1-3-8(12)7-14-11(10)12/h1-5,7H,6H2. The van der Waals surface area contributed by atoms with Crippen LogP contribution in [0.5, 0.6) is 0 Å². The van der Waals surface area contributed by atoms with Crippen molar-refractivity contribution in [1.82, 2.24) is 0 Å². The number of carbonyl (C=O) groups is 1. The van der Waals surface area contributed by atoms with Crippen molar-refractivity contribution in [2.75, 3.05) is 0 Å². The number of nitrogens with zero attached hydrogens (tertiary/aromatic N) is 1. The second kappa shape index (κ2) is 2.89. The molecule has 1 unspecified atom stereocenters. The van der Waals surface area contributed by atoms with Gasteiger partial charge in [-0.2, -0.15) is 0 Å². The molecule has 1 spiro atoms. The van der Waals surface area contributed by atoms with Gasteiger partial charge >= 0.3 is 0 Å². The minimum atomic E-state index is -0.292. The number of aliphatic imine (C=N–C) groups is 1. The van der Waals surface area contributed by atoms with E-state index in [-0.39, 0.29) is 11.2 Å². The van der Waals surface area contributed by atoms with Crippen LogP contribution in [0.3, 0.4) is 0 Å². The number of carbonyl (C=O) groups excluding carboxylic acids is 1. The average Bonchev–Trinajstić information content (AvgIpc) is 2.56. The smallest absolute Gasteiger partial charge is 0.158 e. The summed E-state index contributed by atoms with van der Waals surface area (Å²) in [5, 5.41) is 0. The quantitative estimate of drug-likeness (QED) is 0.660. The fraction of sp³-hybridized carbons (Fsp3) is 0.167. The Hall–Kier alpha value is -1.22. The third kappa shape index (κ3) is 1.10. The third-order valence-corrected chi connectivity index (χ3v) is 3.61. The fourth-order valence-corrected chi connectivity index (χ4v) is 3.01. The molecule has 3 aliphatic rings. The highest BCUT2D eigenvalue weighted by atomic mass is 79.9. The van der Waals surface area contributed by atoms with Gasteiger partial charge in [0, 0.05) is 17.1 Å². The van der Waals surface area contributed by atoms with Crippen molar-refractivity contribution >= 4 is 27.4 Å². The first kappa shape index (κ1) is 9.04. The molecule has 0 aromatic rings. The topological polar surface area (TPSA) is 29.4 Å². The lowest BCUT2D eigenvalue weighted by Crippen LogP contribution is -2.35. The van der Waals surface area contributed by atoms with Crippen LogP contribution in [0.2, 0.25) is 0 Å². The van der Waals surface area contributed by atoms with E-state index >= 15 is 0 Å². The Morgan fingerprint density at radius 2 is 2.27 bits per heavy atom. The summed E-state index contributed by atoms with van der Waals surface area (Å²) < 4.78 is 0.810. The van der Waals surface area contributed by atoms with E-state index in [4.69, 9.17) is 0 Å². The van der Waals surface area contributed by atoms with Gasteiger partial charge in [-0.3, -0.25) is 9.79 Å². The molecule has 1 aliphatic heterocycles. The van der Waals surface area contributed by atoms with Crippen molar-refractivity contribution in [3.8, 4) is 0 Å². The molecule has 74 valence electrons. The Kier molecular flexibility index (Phi) is 1.74. The molecule has 1 heterocycles. The maximum Gasteiger partial charge on any atom is 0.158 e. The van der Waals surface area contributed by atoms with E-state index in [1.807, 2.05) is 24.4 Å². The Balaban J connectivity index is 2.21. The molecule has 2 nitrogen and oxygen atoms in total. The Morgan fingerprint density at radius 3 is 3.13 bits per heavy atom. The van der Waals surface area contributed by atoms with Gasteiger partial charge in [0.05, 0.1) is 11.1 Å². The zero-order valence-electron chi connectivity index (χ0n) is 7.90. The summed E-state index contributed by atoms with van der Waals surface area (Å²) in [5.74, 6) is 0.147. The van der Waals surface area contributed by atoms with Crippen LogP contribution in [0, 0.1) is 5.41 Å². The molecule has 0 N–H and O–H groups in total. The van der Waals surface area contributed by atoms with E-state index in [9.17, 15) is 4.79 Å². The lowest BCUT2D eigenvalue weighted by Gasteiger charge is -2.33. The number of hydrogen-bond donors (Lipinski definition) is 0. The Bertz CT molecular complexity index is 508. The van der Waals surface area contributed by atoms with Gasteiger partial charge in [-0.25, -0.2) is 0 Å². The molecule has 1 atom stereocenters. The molecule has 2 aliphatic carbocycles. The van der Waals surface area contributed by atoms with E-state index in [1.54, 1.807) is 6.08 Å². The summed E-state index contributed by atoms with van der Waals surface area (Å²) in [6.45, 7) is 0. The highest BCUT2D eigenvalue weighted by Crippen LogP contribution is 2.47. The van der Waals surface area contributed by atoms with Gasteiger partial charge in [-0.15, -0.1) is 0 Å². The van der Waals surface area contributed by atoms with Gasteiger partial charge in [0.25, 0.3) is 0 Å². The number of hydrogen-bond acceptors (Lipinski definition) is 2. The molecule has 0 fully saturated rings. The van der Waals surface area contributed by atoms with E-state index in [2.05, 4.69) is 27.0 Å². The van der Waals surface area contributed by atoms with Gasteiger partial charge in [-0.1, -0.05) is 24.3 Å². The zero-order chi connectivity index (χ0) is 10.5. The summed E-state index contributed by atoms with van der Waals surface area (Å²) in [6.07, 6.45) is 12.0. The van der Waals surface area contributed by atoms with Crippen molar-refractivity contribution in [2.24, 2.45) is 10.4 Å². The van der Waals surface area contributed by atoms with Crippen LogP contribution in [0.25, 0.3) is 0 Å². The predicted molar refractivity (Wildman–Crippen MR) is 62.9 cm³/mol. The van der Waals surface area contributed by atoms with Crippen LogP contribution in [0.4, 0.5) is 0 Å². The largest absolute Gasteiger partial charge is 0.295 e. The van der Waals surface area contributed by atoms with Crippen LogP contribution in [-0.4, -0.2) is 11.5 Å².